The predicted molar refractivity (Wildman–Crippen MR) is 79.9 cm³/mol. The molecular weight excluding hydrogens is 260 g/mol. The zero-order chi connectivity index (χ0) is 15.3. The Kier molecular flexibility index (Phi) is 6.36. The summed E-state index contributed by atoms with van der Waals surface area (Å²) in [4.78, 5) is 3.77. The normalized spacial score (nSPS) is 11.4. The van der Waals surface area contributed by atoms with Gasteiger partial charge in [-0.1, -0.05) is 13.8 Å². The molecule has 0 spiro atoms. The molecule has 3 nitrogen and oxygen atoms in total. The van der Waals surface area contributed by atoms with Crippen molar-refractivity contribution < 1.29 is 8.78 Å². The first-order valence-electron chi connectivity index (χ1n) is 6.92. The summed E-state index contributed by atoms with van der Waals surface area (Å²) in [6.07, 6.45) is 0. The number of rotatable bonds is 7. The van der Waals surface area contributed by atoms with Crippen LogP contribution < -0.4 is 10.6 Å². The van der Waals surface area contributed by atoms with Crippen molar-refractivity contribution in [2.24, 2.45) is 11.7 Å². The lowest BCUT2D eigenvalue weighted by atomic mass is 10.1. The van der Waals surface area contributed by atoms with Crippen LogP contribution in [0.5, 0.6) is 0 Å². The van der Waals surface area contributed by atoms with Crippen molar-refractivity contribution in [1.82, 2.24) is 4.90 Å². The molecule has 0 saturated carbocycles. The van der Waals surface area contributed by atoms with Gasteiger partial charge in [-0.25, -0.2) is 8.78 Å². The summed E-state index contributed by atoms with van der Waals surface area (Å²) >= 11 is 0. The summed E-state index contributed by atoms with van der Waals surface area (Å²) in [6.45, 7) is 6.14. The van der Waals surface area contributed by atoms with Crippen LogP contribution in [0.4, 0.5) is 14.5 Å². The average Bonchev–Trinajstić information content (AvgIpc) is 2.33. The Balaban J connectivity index is 3.05. The van der Waals surface area contributed by atoms with Crippen LogP contribution in [0.25, 0.3) is 0 Å². The molecule has 0 heterocycles. The quantitative estimate of drug-likeness (QED) is 0.835. The minimum absolute atomic E-state index is 0.0535. The van der Waals surface area contributed by atoms with E-state index in [1.54, 1.807) is 4.90 Å². The van der Waals surface area contributed by atoms with Crippen LogP contribution in [-0.2, 0) is 6.54 Å². The first-order chi connectivity index (χ1) is 9.35. The summed E-state index contributed by atoms with van der Waals surface area (Å²) in [6, 6.07) is 2.64. The van der Waals surface area contributed by atoms with E-state index in [1.165, 1.54) is 12.1 Å². The van der Waals surface area contributed by atoms with Crippen molar-refractivity contribution in [3.05, 3.63) is 29.3 Å². The molecule has 20 heavy (non-hydrogen) atoms. The minimum Gasteiger partial charge on any atom is -0.365 e. The fourth-order valence-electron chi connectivity index (χ4n) is 2.09. The molecule has 0 fully saturated rings. The van der Waals surface area contributed by atoms with Crippen LogP contribution in [-0.4, -0.2) is 38.6 Å². The maximum absolute atomic E-state index is 14.2. The number of halogens is 2. The van der Waals surface area contributed by atoms with Gasteiger partial charge in [0.2, 0.25) is 0 Å². The first kappa shape index (κ1) is 16.9. The molecule has 0 aromatic heterocycles. The maximum atomic E-state index is 14.2. The van der Waals surface area contributed by atoms with Gasteiger partial charge in [0.15, 0.2) is 0 Å². The Labute approximate surface area is 120 Å². The molecule has 1 rings (SSSR count). The lowest BCUT2D eigenvalue weighted by molar-refractivity contribution is 0.406. The summed E-state index contributed by atoms with van der Waals surface area (Å²) in [5, 5.41) is 0. The highest BCUT2D eigenvalue weighted by Gasteiger charge is 2.19. The molecule has 5 heteroatoms. The SMILES string of the molecule is CC(C)CN(CCN(C)C)c1c(F)cc(CN)cc1F. The third-order valence-electron chi connectivity index (χ3n) is 3.03. The number of anilines is 1. The van der Waals surface area contributed by atoms with E-state index in [0.29, 0.717) is 24.6 Å². The molecule has 1 aromatic carbocycles. The van der Waals surface area contributed by atoms with E-state index < -0.39 is 11.6 Å². The van der Waals surface area contributed by atoms with Gasteiger partial charge in [-0.05, 0) is 37.7 Å². The molecule has 0 aliphatic heterocycles. The predicted octanol–water partition coefficient (Wildman–Crippen LogP) is 2.45. The summed E-state index contributed by atoms with van der Waals surface area (Å²) in [5.41, 5.74) is 5.97. The molecule has 0 saturated heterocycles. The average molecular weight is 285 g/mol. The zero-order valence-corrected chi connectivity index (χ0v) is 12.8. The highest BCUT2D eigenvalue weighted by atomic mass is 19.1. The molecular formula is C15H25F2N3. The number of benzene rings is 1. The van der Waals surface area contributed by atoms with Gasteiger partial charge in [-0.3, -0.25) is 0 Å². The molecule has 0 atom stereocenters. The van der Waals surface area contributed by atoms with Crippen molar-refractivity contribution >= 4 is 5.69 Å². The minimum atomic E-state index is -0.537. The van der Waals surface area contributed by atoms with E-state index in [9.17, 15) is 8.78 Å². The van der Waals surface area contributed by atoms with Crippen LogP contribution in [0.1, 0.15) is 19.4 Å². The van der Waals surface area contributed by atoms with Crippen molar-refractivity contribution in [3.8, 4) is 0 Å². The number of hydrogen-bond acceptors (Lipinski definition) is 3. The van der Waals surface area contributed by atoms with Crippen molar-refractivity contribution in [1.29, 1.82) is 0 Å². The number of nitrogens with two attached hydrogens (primary N) is 1. The molecule has 0 bridgehead atoms. The third-order valence-corrected chi connectivity index (χ3v) is 3.03. The van der Waals surface area contributed by atoms with E-state index in [-0.39, 0.29) is 12.2 Å². The van der Waals surface area contributed by atoms with Crippen molar-refractivity contribution in [3.63, 3.8) is 0 Å². The fourth-order valence-corrected chi connectivity index (χ4v) is 2.09. The second-order valence-corrected chi connectivity index (χ2v) is 5.76. The monoisotopic (exact) mass is 285 g/mol. The second kappa shape index (κ2) is 7.55. The van der Waals surface area contributed by atoms with Gasteiger partial charge in [-0.2, -0.15) is 0 Å². The summed E-state index contributed by atoms with van der Waals surface area (Å²) < 4.78 is 28.3. The van der Waals surface area contributed by atoms with Crippen LogP contribution >= 0.6 is 0 Å². The van der Waals surface area contributed by atoms with Gasteiger partial charge in [0.05, 0.1) is 0 Å². The van der Waals surface area contributed by atoms with E-state index in [4.69, 9.17) is 5.73 Å². The Morgan fingerprint density at radius 1 is 1.10 bits per heavy atom. The number of likely N-dealkylation sites (N-methyl/N-ethyl adjacent to an activating group) is 1. The maximum Gasteiger partial charge on any atom is 0.149 e. The molecule has 0 radical (unpaired) electrons. The Morgan fingerprint density at radius 2 is 1.65 bits per heavy atom. The molecule has 0 aliphatic carbocycles. The summed E-state index contributed by atoms with van der Waals surface area (Å²) in [5.74, 6) is -0.750. The second-order valence-electron chi connectivity index (χ2n) is 5.76. The van der Waals surface area contributed by atoms with E-state index >= 15 is 0 Å². The molecule has 0 aliphatic rings. The molecule has 1 aromatic rings. The third kappa shape index (κ3) is 4.72. The smallest absolute Gasteiger partial charge is 0.149 e. The highest BCUT2D eigenvalue weighted by Crippen LogP contribution is 2.25. The van der Waals surface area contributed by atoms with Gasteiger partial charge in [0, 0.05) is 26.2 Å². The molecule has 114 valence electrons. The van der Waals surface area contributed by atoms with Gasteiger partial charge >= 0.3 is 0 Å². The topological polar surface area (TPSA) is 32.5 Å². The van der Waals surface area contributed by atoms with E-state index in [1.807, 2.05) is 32.8 Å². The van der Waals surface area contributed by atoms with Crippen LogP contribution in [0.2, 0.25) is 0 Å². The van der Waals surface area contributed by atoms with Gasteiger partial charge in [0.25, 0.3) is 0 Å². The van der Waals surface area contributed by atoms with Gasteiger partial charge in [-0.15, -0.1) is 0 Å². The lowest BCUT2D eigenvalue weighted by Gasteiger charge is -2.29. The van der Waals surface area contributed by atoms with Gasteiger partial charge < -0.3 is 15.5 Å². The Hall–Kier alpha value is -1.20. The number of hydrogen-bond donors (Lipinski definition) is 1. The van der Waals surface area contributed by atoms with Gasteiger partial charge in [0.1, 0.15) is 17.3 Å². The number of nitrogens with zero attached hydrogens (tertiary/aromatic N) is 2. The van der Waals surface area contributed by atoms with E-state index in [2.05, 4.69) is 0 Å². The molecule has 2 N–H and O–H groups in total. The molecule has 0 amide bonds. The highest BCUT2D eigenvalue weighted by molar-refractivity contribution is 5.51. The fraction of sp³-hybridized carbons (Fsp3) is 0.600. The van der Waals surface area contributed by atoms with Crippen molar-refractivity contribution in [2.75, 3.05) is 38.6 Å². The van der Waals surface area contributed by atoms with Crippen LogP contribution in [0.15, 0.2) is 12.1 Å². The molecule has 0 unspecified atom stereocenters. The lowest BCUT2D eigenvalue weighted by Crippen LogP contribution is -2.35. The van der Waals surface area contributed by atoms with Crippen LogP contribution in [0, 0.1) is 17.6 Å². The standard InChI is InChI=1S/C15H25F2N3/c1-11(2)10-20(6-5-19(3)4)15-13(16)7-12(9-18)8-14(15)17/h7-8,11H,5-6,9-10,18H2,1-4H3. The van der Waals surface area contributed by atoms with Crippen LogP contribution in [0.3, 0.4) is 0 Å². The van der Waals surface area contributed by atoms with Crippen molar-refractivity contribution in [2.45, 2.75) is 20.4 Å². The Bertz CT molecular complexity index is 410. The largest absolute Gasteiger partial charge is 0.365 e. The van der Waals surface area contributed by atoms with E-state index in [0.717, 1.165) is 6.54 Å². The first-order valence-corrected chi connectivity index (χ1v) is 6.92. The Morgan fingerprint density at radius 3 is 2.05 bits per heavy atom. The zero-order valence-electron chi connectivity index (χ0n) is 12.8. The summed E-state index contributed by atoms with van der Waals surface area (Å²) in [7, 11) is 3.88.